The average molecular weight is 205 g/mol. The zero-order chi connectivity index (χ0) is 10.5. The number of carboxylic acid groups (broad SMARTS) is 1. The maximum atomic E-state index is 11.0. The number of carbonyl (C=O) groups is 2. The first-order chi connectivity index (χ1) is 5.90. The standard InChI is InChI=1S/C8H15NO3S/c1-4-9-7(12)13-5-8(2,3)6(10)11/h4-5H2,1-3H3,(H,9,12)(H,10,11). The first-order valence-corrected chi connectivity index (χ1v) is 5.02. The summed E-state index contributed by atoms with van der Waals surface area (Å²) < 4.78 is 0. The fourth-order valence-electron chi connectivity index (χ4n) is 0.503. The van der Waals surface area contributed by atoms with E-state index in [0.29, 0.717) is 6.54 Å². The van der Waals surface area contributed by atoms with Gasteiger partial charge in [-0.1, -0.05) is 11.8 Å². The SMILES string of the molecule is CCNC(=O)SCC(C)(C)C(=O)O. The summed E-state index contributed by atoms with van der Waals surface area (Å²) in [5.41, 5.74) is -0.851. The topological polar surface area (TPSA) is 66.4 Å². The van der Waals surface area contributed by atoms with Crippen LogP contribution in [-0.4, -0.2) is 28.6 Å². The molecule has 0 rings (SSSR count). The molecule has 5 heteroatoms. The second kappa shape index (κ2) is 5.11. The largest absolute Gasteiger partial charge is 0.481 e. The molecule has 0 unspecified atom stereocenters. The second-order valence-corrected chi connectivity index (χ2v) is 4.24. The van der Waals surface area contributed by atoms with Gasteiger partial charge in [-0.3, -0.25) is 9.59 Å². The molecular weight excluding hydrogens is 190 g/mol. The molecule has 0 heterocycles. The van der Waals surface area contributed by atoms with Crippen molar-refractivity contribution in [1.29, 1.82) is 0 Å². The van der Waals surface area contributed by atoms with Crippen molar-refractivity contribution in [3.63, 3.8) is 0 Å². The summed E-state index contributed by atoms with van der Waals surface area (Å²) in [5, 5.41) is 11.2. The van der Waals surface area contributed by atoms with Crippen molar-refractivity contribution in [2.75, 3.05) is 12.3 Å². The minimum atomic E-state index is -0.885. The van der Waals surface area contributed by atoms with E-state index >= 15 is 0 Å². The van der Waals surface area contributed by atoms with E-state index in [1.54, 1.807) is 13.8 Å². The Labute approximate surface area is 82.1 Å². The van der Waals surface area contributed by atoms with Gasteiger partial charge in [-0.05, 0) is 20.8 Å². The van der Waals surface area contributed by atoms with Crippen LogP contribution in [0.25, 0.3) is 0 Å². The number of nitrogens with one attached hydrogen (secondary N) is 1. The highest BCUT2D eigenvalue weighted by atomic mass is 32.2. The van der Waals surface area contributed by atoms with Gasteiger partial charge in [0.05, 0.1) is 5.41 Å². The van der Waals surface area contributed by atoms with Crippen LogP contribution in [0.1, 0.15) is 20.8 Å². The van der Waals surface area contributed by atoms with E-state index in [1.807, 2.05) is 6.92 Å². The van der Waals surface area contributed by atoms with Gasteiger partial charge in [-0.15, -0.1) is 0 Å². The molecular formula is C8H15NO3S. The van der Waals surface area contributed by atoms with E-state index in [0.717, 1.165) is 11.8 Å². The number of hydrogen-bond donors (Lipinski definition) is 2. The Kier molecular flexibility index (Phi) is 4.83. The Morgan fingerprint density at radius 1 is 1.46 bits per heavy atom. The van der Waals surface area contributed by atoms with Crippen LogP contribution in [0, 0.1) is 5.41 Å². The smallest absolute Gasteiger partial charge is 0.309 e. The van der Waals surface area contributed by atoms with Crippen LogP contribution >= 0.6 is 11.8 Å². The molecule has 0 radical (unpaired) electrons. The number of aliphatic carboxylic acids is 1. The Hall–Kier alpha value is -0.710. The molecule has 13 heavy (non-hydrogen) atoms. The Morgan fingerprint density at radius 3 is 2.38 bits per heavy atom. The lowest BCUT2D eigenvalue weighted by atomic mass is 9.97. The molecule has 1 amide bonds. The van der Waals surface area contributed by atoms with Gasteiger partial charge in [0.2, 0.25) is 0 Å². The van der Waals surface area contributed by atoms with Crippen molar-refractivity contribution in [3.05, 3.63) is 0 Å². The molecule has 0 atom stereocenters. The molecule has 0 bridgehead atoms. The Bertz CT molecular complexity index is 204. The van der Waals surface area contributed by atoms with Gasteiger partial charge in [-0.25, -0.2) is 0 Å². The first kappa shape index (κ1) is 12.3. The highest BCUT2D eigenvalue weighted by Gasteiger charge is 2.27. The Morgan fingerprint density at radius 2 is 2.00 bits per heavy atom. The summed E-state index contributed by atoms with van der Waals surface area (Å²) in [4.78, 5) is 21.6. The lowest BCUT2D eigenvalue weighted by molar-refractivity contribution is -0.145. The number of thioether (sulfide) groups is 1. The Balaban J connectivity index is 3.88. The van der Waals surface area contributed by atoms with Gasteiger partial charge in [0.1, 0.15) is 0 Å². The molecule has 2 N–H and O–H groups in total. The zero-order valence-corrected chi connectivity index (χ0v) is 8.90. The van der Waals surface area contributed by atoms with Gasteiger partial charge in [-0.2, -0.15) is 0 Å². The van der Waals surface area contributed by atoms with Crippen molar-refractivity contribution >= 4 is 23.0 Å². The summed E-state index contributed by atoms with van der Waals surface area (Å²) in [6.07, 6.45) is 0. The van der Waals surface area contributed by atoms with Crippen LogP contribution in [0.5, 0.6) is 0 Å². The third-order valence-electron chi connectivity index (χ3n) is 1.46. The first-order valence-electron chi connectivity index (χ1n) is 4.04. The number of rotatable bonds is 4. The number of hydrogen-bond acceptors (Lipinski definition) is 3. The number of amides is 1. The van der Waals surface area contributed by atoms with E-state index in [1.165, 1.54) is 0 Å². The van der Waals surface area contributed by atoms with Crippen molar-refractivity contribution in [3.8, 4) is 0 Å². The lowest BCUT2D eigenvalue weighted by Crippen LogP contribution is -2.28. The van der Waals surface area contributed by atoms with Crippen molar-refractivity contribution in [2.24, 2.45) is 5.41 Å². The van der Waals surface area contributed by atoms with E-state index < -0.39 is 11.4 Å². The van der Waals surface area contributed by atoms with Crippen LogP contribution in [-0.2, 0) is 4.79 Å². The fourth-order valence-corrected chi connectivity index (χ4v) is 1.36. The van der Waals surface area contributed by atoms with E-state index in [9.17, 15) is 9.59 Å². The summed E-state index contributed by atoms with van der Waals surface area (Å²) in [5.74, 6) is -0.599. The molecule has 0 fully saturated rings. The van der Waals surface area contributed by atoms with Crippen LogP contribution < -0.4 is 5.32 Å². The monoisotopic (exact) mass is 205 g/mol. The molecule has 0 saturated carbocycles. The normalized spacial score (nSPS) is 11.0. The number of carboxylic acids is 1. The molecule has 0 aliphatic carbocycles. The number of carbonyl (C=O) groups excluding carboxylic acids is 1. The molecule has 4 nitrogen and oxygen atoms in total. The van der Waals surface area contributed by atoms with Gasteiger partial charge in [0.15, 0.2) is 0 Å². The van der Waals surface area contributed by atoms with Gasteiger partial charge in [0.25, 0.3) is 5.24 Å². The maximum Gasteiger partial charge on any atom is 0.309 e. The fraction of sp³-hybridized carbons (Fsp3) is 0.750. The minimum Gasteiger partial charge on any atom is -0.481 e. The molecule has 76 valence electrons. The summed E-state index contributed by atoms with van der Waals surface area (Å²) >= 11 is 1.01. The molecule has 0 spiro atoms. The second-order valence-electron chi connectivity index (χ2n) is 3.30. The van der Waals surface area contributed by atoms with Crippen molar-refractivity contribution in [1.82, 2.24) is 5.32 Å². The lowest BCUT2D eigenvalue weighted by Gasteiger charge is -2.17. The summed E-state index contributed by atoms with van der Waals surface area (Å²) in [6, 6.07) is 0. The third kappa shape index (κ3) is 4.77. The summed E-state index contributed by atoms with van der Waals surface area (Å²) in [6.45, 7) is 5.59. The van der Waals surface area contributed by atoms with Crippen molar-refractivity contribution < 1.29 is 14.7 Å². The quantitative estimate of drug-likeness (QED) is 0.731. The molecule has 0 aliphatic rings. The van der Waals surface area contributed by atoms with Crippen LogP contribution in [0.3, 0.4) is 0 Å². The van der Waals surface area contributed by atoms with Crippen LogP contribution in [0.15, 0.2) is 0 Å². The van der Waals surface area contributed by atoms with Crippen molar-refractivity contribution in [2.45, 2.75) is 20.8 Å². The molecule has 0 saturated heterocycles. The highest BCUT2D eigenvalue weighted by Crippen LogP contribution is 2.21. The molecule has 0 aliphatic heterocycles. The van der Waals surface area contributed by atoms with Crippen LogP contribution in [0.2, 0.25) is 0 Å². The minimum absolute atomic E-state index is 0.170. The summed E-state index contributed by atoms with van der Waals surface area (Å²) in [7, 11) is 0. The van der Waals surface area contributed by atoms with E-state index in [-0.39, 0.29) is 11.0 Å². The predicted molar refractivity (Wildman–Crippen MR) is 52.9 cm³/mol. The maximum absolute atomic E-state index is 11.0. The molecule has 0 aromatic rings. The molecule has 0 aromatic heterocycles. The average Bonchev–Trinajstić information content (AvgIpc) is 2.01. The zero-order valence-electron chi connectivity index (χ0n) is 8.09. The van der Waals surface area contributed by atoms with Gasteiger partial charge < -0.3 is 10.4 Å². The van der Waals surface area contributed by atoms with Gasteiger partial charge >= 0.3 is 5.97 Å². The van der Waals surface area contributed by atoms with Crippen LogP contribution in [0.4, 0.5) is 4.79 Å². The predicted octanol–water partition coefficient (Wildman–Crippen LogP) is 1.56. The molecule has 0 aromatic carbocycles. The van der Waals surface area contributed by atoms with Gasteiger partial charge in [0, 0.05) is 12.3 Å². The van der Waals surface area contributed by atoms with E-state index in [2.05, 4.69) is 5.32 Å². The van der Waals surface area contributed by atoms with E-state index in [4.69, 9.17) is 5.11 Å². The third-order valence-corrected chi connectivity index (χ3v) is 2.74. The highest BCUT2D eigenvalue weighted by molar-refractivity contribution is 8.13.